The summed E-state index contributed by atoms with van der Waals surface area (Å²) < 4.78 is 4.97. The molecule has 1 aliphatic carbocycles. The highest BCUT2D eigenvalue weighted by molar-refractivity contribution is 5.84. The fraction of sp³-hybridized carbons (Fsp3) is 0.500. The van der Waals surface area contributed by atoms with Crippen LogP contribution in [0.15, 0.2) is 24.4 Å². The normalized spacial score (nSPS) is 27.1. The second-order valence-corrected chi connectivity index (χ2v) is 7.05. The van der Waals surface area contributed by atoms with Crippen molar-refractivity contribution in [1.29, 1.82) is 0 Å². The first-order valence-electron chi connectivity index (χ1n) is 8.30. The first kappa shape index (κ1) is 14.6. The van der Waals surface area contributed by atoms with Crippen LogP contribution in [0.25, 0.3) is 10.9 Å². The minimum absolute atomic E-state index is 0.0872. The van der Waals surface area contributed by atoms with E-state index in [0.29, 0.717) is 18.6 Å². The molecule has 1 aliphatic heterocycles. The molecule has 0 spiro atoms. The maximum Gasteiger partial charge on any atom is 0.407 e. The minimum Gasteiger partial charge on any atom is -0.447 e. The quantitative estimate of drug-likeness (QED) is 0.912. The zero-order valence-electron chi connectivity index (χ0n) is 13.6. The van der Waals surface area contributed by atoms with Crippen molar-refractivity contribution in [1.82, 2.24) is 15.2 Å². The average Bonchev–Trinajstić information content (AvgIpc) is 3.04. The molecule has 2 aromatic rings. The van der Waals surface area contributed by atoms with E-state index in [-0.39, 0.29) is 12.1 Å². The molecule has 2 fully saturated rings. The number of nitrogens with one attached hydrogen (secondary N) is 2. The van der Waals surface area contributed by atoms with Gasteiger partial charge in [0.25, 0.3) is 0 Å². The third-order valence-corrected chi connectivity index (χ3v) is 5.28. The molecule has 5 nitrogen and oxygen atoms in total. The van der Waals surface area contributed by atoms with Gasteiger partial charge in [-0.3, -0.25) is 0 Å². The summed E-state index contributed by atoms with van der Waals surface area (Å²) >= 11 is 0. The maximum atomic E-state index is 11.1. The lowest BCUT2D eigenvalue weighted by molar-refractivity contribution is 0.167. The summed E-state index contributed by atoms with van der Waals surface area (Å²) in [4.78, 5) is 16.9. The van der Waals surface area contributed by atoms with Gasteiger partial charge in [0.2, 0.25) is 0 Å². The highest BCUT2D eigenvalue weighted by Gasteiger charge is 2.33. The Kier molecular flexibility index (Phi) is 3.53. The van der Waals surface area contributed by atoms with Crippen molar-refractivity contribution >= 4 is 17.0 Å². The summed E-state index contributed by atoms with van der Waals surface area (Å²) in [7, 11) is 4.32. The van der Waals surface area contributed by atoms with E-state index in [0.717, 1.165) is 6.42 Å². The van der Waals surface area contributed by atoms with E-state index in [2.05, 4.69) is 53.7 Å². The molecule has 1 amide bonds. The fourth-order valence-corrected chi connectivity index (χ4v) is 3.74. The highest BCUT2D eigenvalue weighted by atomic mass is 16.6. The Morgan fingerprint density at radius 3 is 2.83 bits per heavy atom. The monoisotopic (exact) mass is 313 g/mol. The molecule has 0 unspecified atom stereocenters. The Hall–Kier alpha value is -2.01. The van der Waals surface area contributed by atoms with E-state index < -0.39 is 0 Å². The minimum atomic E-state index is -0.303. The number of cyclic esters (lactones) is 1. The third-order valence-electron chi connectivity index (χ3n) is 5.28. The van der Waals surface area contributed by atoms with E-state index in [1.165, 1.54) is 34.9 Å². The lowest BCUT2D eigenvalue weighted by atomic mass is 9.75. The van der Waals surface area contributed by atoms with Crippen LogP contribution in [0.1, 0.15) is 29.9 Å². The van der Waals surface area contributed by atoms with Crippen LogP contribution >= 0.6 is 0 Å². The number of ether oxygens (including phenoxy) is 1. The molecule has 1 saturated heterocycles. The molecule has 2 aliphatic rings. The summed E-state index contributed by atoms with van der Waals surface area (Å²) in [5, 5.41) is 4.18. The predicted octanol–water partition coefficient (Wildman–Crippen LogP) is 2.63. The standard InChI is InChI=1S/C18H23N3O2/c1-21(2)14-7-12(8-14)16-9-19-17-4-3-11(6-15(16)17)5-13-10-23-18(22)20-13/h3-4,6,9,12-14,19H,5,7-8,10H2,1-2H3,(H,20,22)/t12?,13-,14?/m1/s1. The average molecular weight is 313 g/mol. The molecule has 23 heavy (non-hydrogen) atoms. The van der Waals surface area contributed by atoms with Crippen molar-refractivity contribution < 1.29 is 9.53 Å². The number of amides is 1. The lowest BCUT2D eigenvalue weighted by Crippen LogP contribution is -2.39. The highest BCUT2D eigenvalue weighted by Crippen LogP contribution is 2.41. The molecule has 0 radical (unpaired) electrons. The number of hydrogen-bond donors (Lipinski definition) is 2. The number of rotatable bonds is 4. The molecule has 122 valence electrons. The predicted molar refractivity (Wildman–Crippen MR) is 89.7 cm³/mol. The number of benzene rings is 1. The van der Waals surface area contributed by atoms with Crippen LogP contribution in [0.3, 0.4) is 0 Å². The van der Waals surface area contributed by atoms with Crippen LogP contribution in [0.2, 0.25) is 0 Å². The Labute approximate surface area is 136 Å². The molecule has 1 atom stereocenters. The van der Waals surface area contributed by atoms with Crippen LogP contribution in [0.5, 0.6) is 0 Å². The van der Waals surface area contributed by atoms with Crippen molar-refractivity contribution in [2.75, 3.05) is 20.7 Å². The van der Waals surface area contributed by atoms with Crippen LogP contribution in [-0.2, 0) is 11.2 Å². The van der Waals surface area contributed by atoms with Crippen LogP contribution in [-0.4, -0.2) is 48.8 Å². The number of H-pyrrole nitrogens is 1. The maximum absolute atomic E-state index is 11.1. The van der Waals surface area contributed by atoms with Gasteiger partial charge in [-0.1, -0.05) is 6.07 Å². The summed E-state index contributed by atoms with van der Waals surface area (Å²) in [5.41, 5.74) is 3.88. The van der Waals surface area contributed by atoms with Gasteiger partial charge in [0.05, 0.1) is 6.04 Å². The van der Waals surface area contributed by atoms with E-state index in [9.17, 15) is 4.79 Å². The third kappa shape index (κ3) is 2.70. The molecule has 1 saturated carbocycles. The van der Waals surface area contributed by atoms with Crippen molar-refractivity contribution in [3.05, 3.63) is 35.5 Å². The Balaban J connectivity index is 1.53. The van der Waals surface area contributed by atoms with Gasteiger partial charge in [-0.15, -0.1) is 0 Å². The van der Waals surface area contributed by atoms with Gasteiger partial charge in [0, 0.05) is 23.1 Å². The molecular formula is C18H23N3O2. The topological polar surface area (TPSA) is 57.4 Å². The number of carbonyl (C=O) groups excluding carboxylic acids is 1. The lowest BCUT2D eigenvalue weighted by Gasteiger charge is -2.39. The first-order chi connectivity index (χ1) is 11.1. The number of alkyl carbamates (subject to hydrolysis) is 1. The second-order valence-electron chi connectivity index (χ2n) is 7.05. The van der Waals surface area contributed by atoms with Gasteiger partial charge in [0.1, 0.15) is 6.61 Å². The number of carbonyl (C=O) groups is 1. The molecule has 1 aromatic carbocycles. The van der Waals surface area contributed by atoms with Gasteiger partial charge < -0.3 is 19.9 Å². The molecule has 2 heterocycles. The summed E-state index contributed by atoms with van der Waals surface area (Å²) in [6.07, 6.45) is 5.15. The van der Waals surface area contributed by atoms with Gasteiger partial charge >= 0.3 is 6.09 Å². The van der Waals surface area contributed by atoms with Gasteiger partial charge in [-0.05, 0) is 62.5 Å². The summed E-state index contributed by atoms with van der Waals surface area (Å²) in [5.74, 6) is 0.654. The second kappa shape index (κ2) is 5.57. The van der Waals surface area contributed by atoms with E-state index >= 15 is 0 Å². The summed E-state index contributed by atoms with van der Waals surface area (Å²) in [6.45, 7) is 0.462. The molecule has 2 N–H and O–H groups in total. The van der Waals surface area contributed by atoms with E-state index in [1.54, 1.807) is 0 Å². The van der Waals surface area contributed by atoms with Gasteiger partial charge in [0.15, 0.2) is 0 Å². The zero-order valence-corrected chi connectivity index (χ0v) is 13.6. The molecule has 1 aromatic heterocycles. The summed E-state index contributed by atoms with van der Waals surface area (Å²) in [6, 6.07) is 7.35. The van der Waals surface area contributed by atoms with Crippen molar-refractivity contribution in [2.45, 2.75) is 37.3 Å². The van der Waals surface area contributed by atoms with Crippen LogP contribution in [0.4, 0.5) is 4.79 Å². The number of aromatic amines is 1. The Morgan fingerprint density at radius 2 is 2.13 bits per heavy atom. The van der Waals surface area contributed by atoms with Crippen LogP contribution < -0.4 is 5.32 Å². The number of nitrogens with zero attached hydrogens (tertiary/aromatic N) is 1. The van der Waals surface area contributed by atoms with Crippen LogP contribution in [0, 0.1) is 0 Å². The van der Waals surface area contributed by atoms with Crippen molar-refractivity contribution in [2.24, 2.45) is 0 Å². The SMILES string of the molecule is CN(C)C1CC(c2c[nH]c3ccc(C[C@@H]4COC(=O)N4)cc23)C1. The molecular weight excluding hydrogens is 290 g/mol. The van der Waals surface area contributed by atoms with E-state index in [1.807, 2.05) is 0 Å². The van der Waals surface area contributed by atoms with Crippen molar-refractivity contribution in [3.8, 4) is 0 Å². The van der Waals surface area contributed by atoms with E-state index in [4.69, 9.17) is 4.74 Å². The fourth-order valence-electron chi connectivity index (χ4n) is 3.74. The first-order valence-corrected chi connectivity index (χ1v) is 8.30. The van der Waals surface area contributed by atoms with Crippen molar-refractivity contribution in [3.63, 3.8) is 0 Å². The van der Waals surface area contributed by atoms with Gasteiger partial charge in [-0.25, -0.2) is 4.79 Å². The molecule has 5 heteroatoms. The smallest absolute Gasteiger partial charge is 0.407 e. The molecule has 4 rings (SSSR count). The number of hydrogen-bond acceptors (Lipinski definition) is 3. The molecule has 0 bridgehead atoms. The van der Waals surface area contributed by atoms with Gasteiger partial charge in [-0.2, -0.15) is 0 Å². The Morgan fingerprint density at radius 1 is 1.30 bits per heavy atom. The number of aromatic nitrogens is 1. The number of fused-ring (bicyclic) bond motifs is 1. The Bertz CT molecular complexity index is 731. The zero-order chi connectivity index (χ0) is 16.0. The largest absolute Gasteiger partial charge is 0.447 e.